The van der Waals surface area contributed by atoms with Gasteiger partial charge in [-0.3, -0.25) is 4.79 Å². The van der Waals surface area contributed by atoms with Gasteiger partial charge in [0.05, 0.1) is 4.90 Å². The smallest absolute Gasteiger partial charge is 0.255 e. The van der Waals surface area contributed by atoms with Gasteiger partial charge in [-0.2, -0.15) is 0 Å². The molecule has 5 nitrogen and oxygen atoms in total. The fourth-order valence-electron chi connectivity index (χ4n) is 2.99. The topological polar surface area (TPSA) is 68.2 Å². The van der Waals surface area contributed by atoms with Crippen LogP contribution in [0.15, 0.2) is 53.6 Å². The second kappa shape index (κ2) is 6.96. The first-order valence-electron chi connectivity index (χ1n) is 8.50. The highest BCUT2D eigenvalue weighted by Crippen LogP contribution is 2.22. The molecule has 3 aromatic rings. The number of hydrogen-bond donors (Lipinski definition) is 1. The van der Waals surface area contributed by atoms with Gasteiger partial charge < -0.3 is 9.88 Å². The van der Waals surface area contributed by atoms with Crippen molar-refractivity contribution in [2.75, 3.05) is 11.6 Å². The highest BCUT2D eigenvalue weighted by molar-refractivity contribution is 7.90. The molecule has 1 amide bonds. The molecule has 0 atom stereocenters. The molecule has 0 aliphatic rings. The lowest BCUT2D eigenvalue weighted by Crippen LogP contribution is -2.14. The molecule has 1 heterocycles. The van der Waals surface area contributed by atoms with E-state index in [0.717, 1.165) is 35.7 Å². The lowest BCUT2D eigenvalue weighted by Gasteiger charge is -2.10. The number of rotatable bonds is 5. The van der Waals surface area contributed by atoms with Crippen molar-refractivity contribution < 1.29 is 13.2 Å². The average Bonchev–Trinajstić information content (AvgIpc) is 2.97. The van der Waals surface area contributed by atoms with Crippen LogP contribution in [-0.4, -0.2) is 25.1 Å². The number of carbonyl (C=O) groups is 1. The maximum atomic E-state index is 12.6. The number of nitrogens with zero attached hydrogens (tertiary/aromatic N) is 1. The highest BCUT2D eigenvalue weighted by Gasteiger charge is 2.15. The Bertz CT molecular complexity index is 1080. The fourth-order valence-corrected chi connectivity index (χ4v) is 3.64. The summed E-state index contributed by atoms with van der Waals surface area (Å²) in [5.41, 5.74) is 2.89. The molecule has 26 heavy (non-hydrogen) atoms. The monoisotopic (exact) mass is 370 g/mol. The second-order valence-electron chi connectivity index (χ2n) is 6.49. The van der Waals surface area contributed by atoms with E-state index >= 15 is 0 Å². The summed E-state index contributed by atoms with van der Waals surface area (Å²) in [7, 11) is -3.36. The van der Waals surface area contributed by atoms with E-state index in [1.54, 1.807) is 13.0 Å². The molecular formula is C20H22N2O3S. The van der Waals surface area contributed by atoms with Crippen LogP contribution in [0.25, 0.3) is 10.9 Å². The first kappa shape index (κ1) is 18.2. The summed E-state index contributed by atoms with van der Waals surface area (Å²) in [5.74, 6) is -0.319. The van der Waals surface area contributed by atoms with Crippen molar-refractivity contribution >= 4 is 32.3 Å². The van der Waals surface area contributed by atoms with E-state index in [1.165, 1.54) is 12.1 Å². The predicted octanol–water partition coefficient (Wildman–Crippen LogP) is 4.02. The van der Waals surface area contributed by atoms with Crippen LogP contribution in [0, 0.1) is 6.92 Å². The number of carbonyl (C=O) groups excluding carboxylic acids is 1. The quantitative estimate of drug-likeness (QED) is 0.738. The van der Waals surface area contributed by atoms with Crippen molar-refractivity contribution in [3.63, 3.8) is 0 Å². The second-order valence-corrected chi connectivity index (χ2v) is 8.50. The molecule has 0 spiro atoms. The third-order valence-electron chi connectivity index (χ3n) is 4.38. The summed E-state index contributed by atoms with van der Waals surface area (Å²) in [4.78, 5) is 12.8. The van der Waals surface area contributed by atoms with Crippen LogP contribution in [0.2, 0.25) is 0 Å². The molecule has 0 aliphatic heterocycles. The number of sulfone groups is 1. The molecule has 0 unspecified atom stereocenters. The van der Waals surface area contributed by atoms with Crippen LogP contribution in [0.3, 0.4) is 0 Å². The highest BCUT2D eigenvalue weighted by atomic mass is 32.2. The van der Waals surface area contributed by atoms with Gasteiger partial charge >= 0.3 is 0 Å². The van der Waals surface area contributed by atoms with Crippen LogP contribution in [0.1, 0.15) is 29.3 Å². The largest absolute Gasteiger partial charge is 0.347 e. The van der Waals surface area contributed by atoms with Crippen molar-refractivity contribution in [1.82, 2.24) is 4.57 Å². The Kier molecular flexibility index (Phi) is 4.87. The van der Waals surface area contributed by atoms with Gasteiger partial charge in [0.2, 0.25) is 0 Å². The van der Waals surface area contributed by atoms with E-state index in [0.29, 0.717) is 11.3 Å². The summed E-state index contributed by atoms with van der Waals surface area (Å²) in [5, 5.41) is 3.92. The summed E-state index contributed by atoms with van der Waals surface area (Å²) in [6.45, 7) is 4.87. The van der Waals surface area contributed by atoms with Crippen molar-refractivity contribution in [1.29, 1.82) is 0 Å². The molecule has 1 N–H and O–H groups in total. The van der Waals surface area contributed by atoms with Crippen molar-refractivity contribution in [2.45, 2.75) is 31.7 Å². The maximum absolute atomic E-state index is 12.6. The number of anilines is 1. The van der Waals surface area contributed by atoms with Gasteiger partial charge in [-0.1, -0.05) is 13.0 Å². The standard InChI is InChI=1S/C20H22N2O3S/c1-4-10-22-11-9-15-12-16(6-8-19(15)22)21-20(23)18-13-17(26(3,24)25)7-5-14(18)2/h5-9,11-13H,4,10H2,1-3H3,(H,21,23). The Morgan fingerprint density at radius 1 is 1.12 bits per heavy atom. The molecule has 6 heteroatoms. The van der Waals surface area contributed by atoms with E-state index in [1.807, 2.05) is 30.5 Å². The third-order valence-corrected chi connectivity index (χ3v) is 5.49. The molecule has 1 aromatic heterocycles. The van der Waals surface area contributed by atoms with Crippen LogP contribution in [-0.2, 0) is 16.4 Å². The molecule has 0 bridgehead atoms. The van der Waals surface area contributed by atoms with E-state index in [9.17, 15) is 13.2 Å². The minimum atomic E-state index is -3.36. The van der Waals surface area contributed by atoms with E-state index in [-0.39, 0.29) is 10.8 Å². The van der Waals surface area contributed by atoms with Gasteiger partial charge in [0.25, 0.3) is 5.91 Å². The molecule has 2 aromatic carbocycles. The zero-order chi connectivity index (χ0) is 18.9. The zero-order valence-electron chi connectivity index (χ0n) is 15.1. The van der Waals surface area contributed by atoms with E-state index < -0.39 is 9.84 Å². The lowest BCUT2D eigenvalue weighted by atomic mass is 10.1. The number of nitrogens with one attached hydrogen (secondary N) is 1. The fraction of sp³-hybridized carbons (Fsp3) is 0.250. The van der Waals surface area contributed by atoms with Crippen LogP contribution in [0.5, 0.6) is 0 Å². The number of aromatic nitrogens is 1. The minimum absolute atomic E-state index is 0.139. The summed E-state index contributed by atoms with van der Waals surface area (Å²) >= 11 is 0. The Balaban J connectivity index is 1.89. The van der Waals surface area contributed by atoms with Gasteiger partial charge in [-0.15, -0.1) is 0 Å². The van der Waals surface area contributed by atoms with Gasteiger partial charge in [0.15, 0.2) is 9.84 Å². The van der Waals surface area contributed by atoms with Crippen molar-refractivity contribution in [3.8, 4) is 0 Å². The van der Waals surface area contributed by atoms with Crippen molar-refractivity contribution in [3.05, 3.63) is 59.8 Å². The normalized spacial score (nSPS) is 11.7. The lowest BCUT2D eigenvalue weighted by molar-refractivity contribution is 0.102. The molecule has 0 saturated heterocycles. The first-order chi connectivity index (χ1) is 12.3. The van der Waals surface area contributed by atoms with Gasteiger partial charge in [-0.25, -0.2) is 8.42 Å². The van der Waals surface area contributed by atoms with Crippen LogP contribution >= 0.6 is 0 Å². The molecule has 0 saturated carbocycles. The number of amides is 1. The zero-order valence-corrected chi connectivity index (χ0v) is 15.9. The number of aryl methyl sites for hydroxylation is 2. The minimum Gasteiger partial charge on any atom is -0.347 e. The van der Waals surface area contributed by atoms with Crippen LogP contribution in [0.4, 0.5) is 5.69 Å². The molecule has 136 valence electrons. The number of benzene rings is 2. The average molecular weight is 370 g/mol. The summed E-state index contributed by atoms with van der Waals surface area (Å²) in [6, 6.07) is 12.4. The number of fused-ring (bicyclic) bond motifs is 1. The molecule has 3 rings (SSSR count). The van der Waals surface area contributed by atoms with Crippen molar-refractivity contribution in [2.24, 2.45) is 0 Å². The SMILES string of the molecule is CCCn1ccc2cc(NC(=O)c3cc(S(C)(=O)=O)ccc3C)ccc21. The van der Waals surface area contributed by atoms with Gasteiger partial charge in [-0.05, 0) is 55.3 Å². The Morgan fingerprint density at radius 2 is 1.88 bits per heavy atom. The third kappa shape index (κ3) is 3.65. The molecule has 0 aliphatic carbocycles. The summed E-state index contributed by atoms with van der Waals surface area (Å²) < 4.78 is 25.7. The van der Waals surface area contributed by atoms with E-state index in [2.05, 4.69) is 16.8 Å². The Labute approximate surface area is 153 Å². The maximum Gasteiger partial charge on any atom is 0.255 e. The first-order valence-corrected chi connectivity index (χ1v) is 10.4. The van der Waals surface area contributed by atoms with Gasteiger partial charge in [0, 0.05) is 41.2 Å². The van der Waals surface area contributed by atoms with Gasteiger partial charge in [0.1, 0.15) is 0 Å². The number of hydrogen-bond acceptors (Lipinski definition) is 3. The Hall–Kier alpha value is -2.60. The molecule has 0 radical (unpaired) electrons. The predicted molar refractivity (Wildman–Crippen MR) is 104 cm³/mol. The molecule has 0 fully saturated rings. The summed E-state index contributed by atoms with van der Waals surface area (Å²) in [6.07, 6.45) is 4.23. The van der Waals surface area contributed by atoms with Crippen LogP contribution < -0.4 is 5.32 Å². The molecular weight excluding hydrogens is 348 g/mol. The van der Waals surface area contributed by atoms with E-state index in [4.69, 9.17) is 0 Å². The Morgan fingerprint density at radius 3 is 2.58 bits per heavy atom.